The summed E-state index contributed by atoms with van der Waals surface area (Å²) in [6.45, 7) is 6.14. The van der Waals surface area contributed by atoms with Crippen LogP contribution in [0.3, 0.4) is 0 Å². The molecular weight excluding hydrogens is 345 g/mol. The molecule has 0 unspecified atom stereocenters. The quantitative estimate of drug-likeness (QED) is 0.841. The van der Waals surface area contributed by atoms with Crippen molar-refractivity contribution in [2.24, 2.45) is 0 Å². The SMILES string of the molecule is Fc1cc(CNCc2cnc(N3CCCC3)nc2)ccc1N1CCOCC1. The van der Waals surface area contributed by atoms with E-state index in [2.05, 4.69) is 20.2 Å². The van der Waals surface area contributed by atoms with E-state index in [0.717, 1.165) is 43.3 Å². The number of hydrogen-bond donors (Lipinski definition) is 1. The molecular formula is C20H26FN5O. The Hall–Kier alpha value is -2.25. The van der Waals surface area contributed by atoms with Gasteiger partial charge in [0.15, 0.2) is 0 Å². The molecule has 6 nitrogen and oxygen atoms in total. The van der Waals surface area contributed by atoms with Crippen molar-refractivity contribution >= 4 is 11.6 Å². The van der Waals surface area contributed by atoms with Crippen LogP contribution in [0.25, 0.3) is 0 Å². The van der Waals surface area contributed by atoms with Crippen LogP contribution in [-0.4, -0.2) is 49.4 Å². The van der Waals surface area contributed by atoms with Crippen LogP contribution in [0.2, 0.25) is 0 Å². The van der Waals surface area contributed by atoms with Gasteiger partial charge in [0.1, 0.15) is 5.82 Å². The Balaban J connectivity index is 1.29. The van der Waals surface area contributed by atoms with Crippen LogP contribution in [0.15, 0.2) is 30.6 Å². The van der Waals surface area contributed by atoms with Crippen LogP contribution in [0.5, 0.6) is 0 Å². The highest BCUT2D eigenvalue weighted by Gasteiger charge is 2.16. The van der Waals surface area contributed by atoms with E-state index in [1.165, 1.54) is 12.8 Å². The van der Waals surface area contributed by atoms with Gasteiger partial charge in [-0.3, -0.25) is 0 Å². The first-order chi connectivity index (χ1) is 13.3. The van der Waals surface area contributed by atoms with E-state index in [1.807, 2.05) is 29.4 Å². The van der Waals surface area contributed by atoms with E-state index in [-0.39, 0.29) is 5.82 Å². The van der Waals surface area contributed by atoms with E-state index in [0.29, 0.717) is 32.0 Å². The zero-order chi connectivity index (χ0) is 18.5. The zero-order valence-corrected chi connectivity index (χ0v) is 15.5. The highest BCUT2D eigenvalue weighted by atomic mass is 19.1. The number of nitrogens with zero attached hydrogens (tertiary/aromatic N) is 4. The maximum absolute atomic E-state index is 14.4. The fraction of sp³-hybridized carbons (Fsp3) is 0.500. The van der Waals surface area contributed by atoms with Crippen molar-refractivity contribution in [1.82, 2.24) is 15.3 Å². The fourth-order valence-electron chi connectivity index (χ4n) is 3.59. The van der Waals surface area contributed by atoms with Crippen LogP contribution >= 0.6 is 0 Å². The molecule has 4 rings (SSSR count). The minimum atomic E-state index is -0.172. The fourth-order valence-corrected chi connectivity index (χ4v) is 3.59. The first-order valence-corrected chi connectivity index (χ1v) is 9.67. The lowest BCUT2D eigenvalue weighted by Gasteiger charge is -2.29. The lowest BCUT2D eigenvalue weighted by atomic mass is 10.1. The monoisotopic (exact) mass is 371 g/mol. The lowest BCUT2D eigenvalue weighted by Crippen LogP contribution is -2.36. The number of morpholine rings is 1. The number of aromatic nitrogens is 2. The van der Waals surface area contributed by atoms with Gasteiger partial charge in [0.05, 0.1) is 18.9 Å². The number of rotatable bonds is 6. The Kier molecular flexibility index (Phi) is 5.79. The summed E-state index contributed by atoms with van der Waals surface area (Å²) >= 11 is 0. The smallest absolute Gasteiger partial charge is 0.225 e. The first-order valence-electron chi connectivity index (χ1n) is 9.67. The van der Waals surface area contributed by atoms with Gasteiger partial charge in [0.2, 0.25) is 5.95 Å². The minimum absolute atomic E-state index is 0.172. The molecule has 0 atom stereocenters. The largest absolute Gasteiger partial charge is 0.378 e. The van der Waals surface area contributed by atoms with Crippen LogP contribution in [0.4, 0.5) is 16.0 Å². The summed E-state index contributed by atoms with van der Waals surface area (Å²) in [7, 11) is 0. The summed E-state index contributed by atoms with van der Waals surface area (Å²) in [4.78, 5) is 13.2. The van der Waals surface area contributed by atoms with Crippen molar-refractivity contribution < 1.29 is 9.13 Å². The molecule has 3 heterocycles. The van der Waals surface area contributed by atoms with Crippen LogP contribution in [0, 0.1) is 5.82 Å². The van der Waals surface area contributed by atoms with Crippen molar-refractivity contribution in [1.29, 1.82) is 0 Å². The molecule has 2 aliphatic heterocycles. The molecule has 2 fully saturated rings. The van der Waals surface area contributed by atoms with Gasteiger partial charge in [-0.15, -0.1) is 0 Å². The summed E-state index contributed by atoms with van der Waals surface area (Å²) in [6, 6.07) is 5.46. The van der Waals surface area contributed by atoms with Crippen LogP contribution in [0.1, 0.15) is 24.0 Å². The number of ether oxygens (including phenoxy) is 1. The molecule has 2 aliphatic rings. The van der Waals surface area contributed by atoms with Gasteiger partial charge in [-0.05, 0) is 30.5 Å². The van der Waals surface area contributed by atoms with Crippen molar-refractivity contribution in [3.63, 3.8) is 0 Å². The van der Waals surface area contributed by atoms with Crippen molar-refractivity contribution in [3.05, 3.63) is 47.5 Å². The van der Waals surface area contributed by atoms with Gasteiger partial charge in [0, 0.05) is 57.2 Å². The van der Waals surface area contributed by atoms with E-state index in [1.54, 1.807) is 6.07 Å². The van der Waals surface area contributed by atoms with Gasteiger partial charge in [-0.25, -0.2) is 14.4 Å². The molecule has 0 saturated carbocycles. The number of hydrogen-bond acceptors (Lipinski definition) is 6. The summed E-state index contributed by atoms with van der Waals surface area (Å²) in [6.07, 6.45) is 6.17. The molecule has 144 valence electrons. The third-order valence-corrected chi connectivity index (χ3v) is 5.10. The predicted molar refractivity (Wildman–Crippen MR) is 103 cm³/mol. The van der Waals surface area contributed by atoms with Gasteiger partial charge in [-0.2, -0.15) is 0 Å². The van der Waals surface area contributed by atoms with Crippen LogP contribution < -0.4 is 15.1 Å². The molecule has 0 radical (unpaired) electrons. The molecule has 1 aromatic carbocycles. The maximum Gasteiger partial charge on any atom is 0.225 e. The van der Waals surface area contributed by atoms with Crippen molar-refractivity contribution in [2.75, 3.05) is 49.2 Å². The van der Waals surface area contributed by atoms with Gasteiger partial charge in [-0.1, -0.05) is 6.07 Å². The summed E-state index contributed by atoms with van der Waals surface area (Å²) in [5.74, 6) is 0.645. The van der Waals surface area contributed by atoms with Gasteiger partial charge >= 0.3 is 0 Å². The number of nitrogens with one attached hydrogen (secondary N) is 1. The minimum Gasteiger partial charge on any atom is -0.378 e. The molecule has 7 heteroatoms. The second kappa shape index (κ2) is 8.63. The van der Waals surface area contributed by atoms with Gasteiger partial charge in [0.25, 0.3) is 0 Å². The Bertz CT molecular complexity index is 743. The Labute approximate surface area is 159 Å². The molecule has 0 aliphatic carbocycles. The van der Waals surface area contributed by atoms with Crippen LogP contribution in [-0.2, 0) is 17.8 Å². The highest BCUT2D eigenvalue weighted by Crippen LogP contribution is 2.21. The Morgan fingerprint density at radius 3 is 2.33 bits per heavy atom. The van der Waals surface area contributed by atoms with E-state index in [9.17, 15) is 4.39 Å². The molecule has 0 spiro atoms. The first kappa shape index (κ1) is 18.1. The van der Waals surface area contributed by atoms with E-state index < -0.39 is 0 Å². The third kappa shape index (κ3) is 4.54. The Morgan fingerprint density at radius 2 is 1.63 bits per heavy atom. The predicted octanol–water partition coefficient (Wildman–Crippen LogP) is 2.34. The average Bonchev–Trinajstić information content (AvgIpc) is 3.24. The van der Waals surface area contributed by atoms with Crippen molar-refractivity contribution in [2.45, 2.75) is 25.9 Å². The molecule has 27 heavy (non-hydrogen) atoms. The number of benzene rings is 1. The molecule has 2 aromatic rings. The van der Waals surface area contributed by atoms with Gasteiger partial charge < -0.3 is 19.9 Å². The average molecular weight is 371 g/mol. The highest BCUT2D eigenvalue weighted by molar-refractivity contribution is 5.49. The molecule has 2 saturated heterocycles. The molecule has 1 N–H and O–H groups in total. The summed E-state index contributed by atoms with van der Waals surface area (Å²) in [5, 5.41) is 3.34. The topological polar surface area (TPSA) is 53.5 Å². The number of halogens is 1. The molecule has 0 amide bonds. The van der Waals surface area contributed by atoms with E-state index >= 15 is 0 Å². The zero-order valence-electron chi connectivity index (χ0n) is 15.5. The maximum atomic E-state index is 14.4. The summed E-state index contributed by atoms with van der Waals surface area (Å²) < 4.78 is 19.8. The van der Waals surface area contributed by atoms with Crippen molar-refractivity contribution in [3.8, 4) is 0 Å². The summed E-state index contributed by atoms with van der Waals surface area (Å²) in [5.41, 5.74) is 2.62. The number of anilines is 2. The Morgan fingerprint density at radius 1 is 0.926 bits per heavy atom. The standard InChI is InChI=1S/C20H26FN5O/c21-18-11-16(3-4-19(18)25-7-9-27-10-8-25)12-22-13-17-14-23-20(24-15-17)26-5-1-2-6-26/h3-4,11,14-15,22H,1-2,5-10,12-13H2. The molecule has 1 aromatic heterocycles. The normalized spacial score (nSPS) is 17.5. The second-order valence-corrected chi connectivity index (χ2v) is 7.07. The third-order valence-electron chi connectivity index (χ3n) is 5.10. The van der Waals surface area contributed by atoms with E-state index in [4.69, 9.17) is 4.74 Å². The second-order valence-electron chi connectivity index (χ2n) is 7.07. The molecule has 0 bridgehead atoms. The lowest BCUT2D eigenvalue weighted by molar-refractivity contribution is 0.122.